The van der Waals surface area contributed by atoms with Gasteiger partial charge in [0, 0.05) is 33.2 Å². The number of fused-ring (bicyclic) bond motifs is 6. The molecule has 0 aliphatic rings. The van der Waals surface area contributed by atoms with Gasteiger partial charge in [-0.05, 0) is 76.1 Å². The van der Waals surface area contributed by atoms with Crippen molar-refractivity contribution in [2.45, 2.75) is 58.5 Å². The van der Waals surface area contributed by atoms with Crippen LogP contribution in [0.25, 0.3) is 66.1 Å². The van der Waals surface area contributed by atoms with Gasteiger partial charge in [-0.3, -0.25) is 0 Å². The van der Waals surface area contributed by atoms with Gasteiger partial charge in [0.05, 0.1) is 33.4 Å². The molecule has 0 amide bonds. The Morgan fingerprint density at radius 2 is 0.904 bits per heavy atom. The van der Waals surface area contributed by atoms with Crippen molar-refractivity contribution in [2.75, 3.05) is 0 Å². The van der Waals surface area contributed by atoms with E-state index in [1.54, 1.807) is 21.3 Å². The molecule has 8 rings (SSSR count). The smallest absolute Gasteiger partial charge is 0.309 e. The molecular weight excluding hydrogens is 663 g/mol. The summed E-state index contributed by atoms with van der Waals surface area (Å²) in [5.41, 5.74) is 2.67. The number of nitrogens with zero attached hydrogens (tertiary/aromatic N) is 2. The molecule has 7 heteroatoms. The first-order valence-electron chi connectivity index (χ1n) is 17.3. The second-order valence-electron chi connectivity index (χ2n) is 15.7. The van der Waals surface area contributed by atoms with Gasteiger partial charge < -0.3 is 9.13 Å². The summed E-state index contributed by atoms with van der Waals surface area (Å²) in [5, 5.41) is 3.17. The van der Waals surface area contributed by atoms with E-state index in [-0.39, 0.29) is 33.3 Å². The lowest BCUT2D eigenvalue weighted by Gasteiger charge is -2.24. The maximum atomic E-state index is 16.1. The molecule has 0 radical (unpaired) electrons. The largest absolute Gasteiger partial charge is 0.420 e. The van der Waals surface area contributed by atoms with E-state index in [4.69, 9.17) is 0 Å². The molecule has 52 heavy (non-hydrogen) atoms. The number of para-hydroxylation sites is 2. The van der Waals surface area contributed by atoms with Crippen LogP contribution in [-0.4, -0.2) is 9.13 Å². The van der Waals surface area contributed by atoms with Gasteiger partial charge in [-0.2, -0.15) is 13.2 Å². The van der Waals surface area contributed by atoms with Crippen molar-refractivity contribution in [2.24, 2.45) is 0 Å². The Morgan fingerprint density at radius 3 is 1.33 bits per heavy atom. The first kappa shape index (κ1) is 33.7. The molecule has 0 aliphatic heterocycles. The Labute approximate surface area is 298 Å². The summed E-state index contributed by atoms with van der Waals surface area (Å²) in [5.74, 6) is -1.64. The number of alkyl halides is 3. The van der Waals surface area contributed by atoms with Crippen LogP contribution < -0.4 is 0 Å². The molecule has 2 nitrogen and oxygen atoms in total. The zero-order valence-corrected chi connectivity index (χ0v) is 29.8. The zero-order valence-electron chi connectivity index (χ0n) is 29.8. The minimum atomic E-state index is -4.86. The fraction of sp³-hybridized carbons (Fsp3) is 0.200. The van der Waals surface area contributed by atoms with Crippen LogP contribution in [0.2, 0.25) is 0 Å². The van der Waals surface area contributed by atoms with Crippen LogP contribution in [0.3, 0.4) is 0 Å². The minimum Gasteiger partial charge on any atom is -0.309 e. The lowest BCUT2D eigenvalue weighted by molar-refractivity contribution is -0.137. The van der Waals surface area contributed by atoms with Crippen LogP contribution in [0.5, 0.6) is 0 Å². The van der Waals surface area contributed by atoms with E-state index in [9.17, 15) is 4.39 Å². The second-order valence-corrected chi connectivity index (χ2v) is 15.7. The lowest BCUT2D eigenvalue weighted by atomic mass is 9.86. The first-order chi connectivity index (χ1) is 24.5. The molecule has 0 atom stereocenters. The molecule has 2 heterocycles. The lowest BCUT2D eigenvalue weighted by Crippen LogP contribution is -2.17. The van der Waals surface area contributed by atoms with Crippen molar-refractivity contribution in [1.82, 2.24) is 9.13 Å². The maximum Gasteiger partial charge on any atom is 0.420 e. The van der Waals surface area contributed by atoms with Gasteiger partial charge in [-0.1, -0.05) is 102 Å². The third kappa shape index (κ3) is 5.37. The molecule has 0 saturated carbocycles. The number of halogens is 5. The topological polar surface area (TPSA) is 9.86 Å². The third-order valence-corrected chi connectivity index (χ3v) is 10.2. The molecule has 0 bridgehead atoms. The van der Waals surface area contributed by atoms with Gasteiger partial charge in [0.15, 0.2) is 0 Å². The Hall–Kier alpha value is -5.43. The van der Waals surface area contributed by atoms with Gasteiger partial charge in [-0.15, -0.1) is 0 Å². The molecule has 8 aromatic rings. The molecule has 0 spiro atoms. The average molecular weight is 701 g/mol. The van der Waals surface area contributed by atoms with Crippen LogP contribution in [0, 0.1) is 11.6 Å². The summed E-state index contributed by atoms with van der Waals surface area (Å²) >= 11 is 0. The summed E-state index contributed by atoms with van der Waals surface area (Å²) in [7, 11) is 0. The molecule has 0 unspecified atom stereocenters. The van der Waals surface area contributed by atoms with Crippen LogP contribution in [-0.2, 0) is 17.0 Å². The van der Waals surface area contributed by atoms with Gasteiger partial charge in [-0.25, -0.2) is 8.78 Å². The van der Waals surface area contributed by atoms with Crippen molar-refractivity contribution in [1.29, 1.82) is 0 Å². The number of aromatic nitrogens is 2. The standard InChI is InChI=1S/C45H37F5N2/c1-43(2,3)27-15-18-33-31-11-7-9-13-36(31)51(38(33)23-27)40-21-26(30-20-17-29(46)25-35(30)47)22-41(42(40)45(48,49)50)52-37-14-10-8-12-32(37)34-19-16-28(24-39(34)52)44(4,5)6/h7-25H,1-6H3. The van der Waals surface area contributed by atoms with E-state index in [0.29, 0.717) is 22.1 Å². The molecule has 0 saturated heterocycles. The predicted octanol–water partition coefficient (Wildman–Crippen LogP) is 13.4. The average Bonchev–Trinajstić information content (AvgIpc) is 3.58. The number of hydrogen-bond donors (Lipinski definition) is 0. The molecule has 0 N–H and O–H groups in total. The molecule has 6 aromatic carbocycles. The normalized spacial score (nSPS) is 12.9. The second kappa shape index (κ2) is 11.5. The van der Waals surface area contributed by atoms with E-state index >= 15 is 17.6 Å². The van der Waals surface area contributed by atoms with Crippen LogP contribution in [0.15, 0.2) is 115 Å². The SMILES string of the molecule is CC(C)(C)c1ccc2c3ccccc3n(-c3cc(-c4ccc(F)cc4F)cc(-n4c5ccccc5c5ccc(C(C)(C)C)cc54)c3C(F)(F)F)c2c1. The Kier molecular flexibility index (Phi) is 7.48. The maximum absolute atomic E-state index is 16.1. The predicted molar refractivity (Wildman–Crippen MR) is 203 cm³/mol. The summed E-state index contributed by atoms with van der Waals surface area (Å²) in [6.07, 6.45) is -4.86. The van der Waals surface area contributed by atoms with E-state index in [1.807, 2.05) is 72.8 Å². The third-order valence-electron chi connectivity index (χ3n) is 10.2. The van der Waals surface area contributed by atoms with Gasteiger partial charge in [0.25, 0.3) is 0 Å². The fourth-order valence-electron chi connectivity index (χ4n) is 7.53. The summed E-state index contributed by atoms with van der Waals surface area (Å²) < 4.78 is 81.7. The molecule has 2 aromatic heterocycles. The first-order valence-corrected chi connectivity index (χ1v) is 17.3. The van der Waals surface area contributed by atoms with Gasteiger partial charge in [0.2, 0.25) is 0 Å². The van der Waals surface area contributed by atoms with E-state index in [1.165, 1.54) is 18.2 Å². The fourth-order valence-corrected chi connectivity index (χ4v) is 7.53. The molecule has 0 aliphatic carbocycles. The monoisotopic (exact) mass is 700 g/mol. The Morgan fingerprint density at radius 1 is 0.462 bits per heavy atom. The zero-order chi connectivity index (χ0) is 36.9. The highest BCUT2D eigenvalue weighted by Gasteiger charge is 2.40. The number of benzene rings is 6. The Balaban J connectivity index is 1.61. The highest BCUT2D eigenvalue weighted by Crippen LogP contribution is 2.47. The number of rotatable bonds is 3. The van der Waals surface area contributed by atoms with Gasteiger partial charge in [0.1, 0.15) is 17.2 Å². The van der Waals surface area contributed by atoms with E-state index < -0.39 is 23.4 Å². The molecule has 0 fully saturated rings. The van der Waals surface area contributed by atoms with Crippen LogP contribution in [0.4, 0.5) is 22.0 Å². The quantitative estimate of drug-likeness (QED) is 0.162. The molecule has 262 valence electrons. The van der Waals surface area contributed by atoms with Gasteiger partial charge >= 0.3 is 6.18 Å². The van der Waals surface area contributed by atoms with Crippen molar-refractivity contribution in [3.8, 4) is 22.5 Å². The van der Waals surface area contributed by atoms with Crippen molar-refractivity contribution >= 4 is 43.6 Å². The minimum absolute atomic E-state index is 0.00933. The van der Waals surface area contributed by atoms with Crippen LogP contribution >= 0.6 is 0 Å². The summed E-state index contributed by atoms with van der Waals surface area (Å²) in [6, 6.07) is 32.6. The van der Waals surface area contributed by atoms with Crippen molar-refractivity contribution < 1.29 is 22.0 Å². The summed E-state index contributed by atoms with van der Waals surface area (Å²) in [6.45, 7) is 12.4. The Bertz CT molecular complexity index is 2560. The van der Waals surface area contributed by atoms with Crippen molar-refractivity contribution in [3.05, 3.63) is 144 Å². The van der Waals surface area contributed by atoms with Crippen LogP contribution in [0.1, 0.15) is 58.2 Å². The summed E-state index contributed by atoms with van der Waals surface area (Å²) in [4.78, 5) is 0. The molecular formula is C45H37F5N2. The highest BCUT2D eigenvalue weighted by molar-refractivity contribution is 6.11. The van der Waals surface area contributed by atoms with E-state index in [0.717, 1.165) is 44.8 Å². The van der Waals surface area contributed by atoms with Crippen molar-refractivity contribution in [3.63, 3.8) is 0 Å². The number of hydrogen-bond acceptors (Lipinski definition) is 0. The highest BCUT2D eigenvalue weighted by atomic mass is 19.4. The van der Waals surface area contributed by atoms with E-state index in [2.05, 4.69) is 41.5 Å².